The average Bonchev–Trinajstić information content (AvgIpc) is 3.34. The molecule has 1 aromatic heterocycles. The predicted molar refractivity (Wildman–Crippen MR) is 144 cm³/mol. The molecule has 0 spiro atoms. The van der Waals surface area contributed by atoms with Crippen LogP contribution in [0.3, 0.4) is 0 Å². The third-order valence-corrected chi connectivity index (χ3v) is 6.98. The van der Waals surface area contributed by atoms with Crippen LogP contribution in [0.5, 0.6) is 0 Å². The van der Waals surface area contributed by atoms with Crippen LogP contribution in [0.15, 0.2) is 48.8 Å². The summed E-state index contributed by atoms with van der Waals surface area (Å²) in [5, 5.41) is 8.14. The molecule has 6 nitrogen and oxygen atoms in total. The average molecular weight is 489 g/mol. The van der Waals surface area contributed by atoms with Crippen molar-refractivity contribution in [3.05, 3.63) is 59.9 Å². The normalized spacial score (nSPS) is 14.7. The van der Waals surface area contributed by atoms with Crippen LogP contribution < -0.4 is 5.32 Å². The Kier molecular flexibility index (Phi) is 8.57. The van der Waals surface area contributed by atoms with E-state index in [2.05, 4.69) is 64.8 Å². The molecule has 1 fully saturated rings. The lowest BCUT2D eigenvalue weighted by Gasteiger charge is -2.21. The van der Waals surface area contributed by atoms with E-state index in [1.807, 2.05) is 20.8 Å². The number of hydrogen-bond acceptors (Lipinski definition) is 5. The summed E-state index contributed by atoms with van der Waals surface area (Å²) in [6.07, 6.45) is 9.96. The van der Waals surface area contributed by atoms with Gasteiger partial charge in [-0.3, -0.25) is 4.79 Å². The Morgan fingerprint density at radius 1 is 1.08 bits per heavy atom. The summed E-state index contributed by atoms with van der Waals surface area (Å²) in [6.45, 7) is 9.67. The number of rotatable bonds is 9. The third kappa shape index (κ3) is 7.03. The van der Waals surface area contributed by atoms with Gasteiger partial charge in [0.2, 0.25) is 0 Å². The lowest BCUT2D eigenvalue weighted by molar-refractivity contribution is -0.157. The summed E-state index contributed by atoms with van der Waals surface area (Å²) in [7, 11) is 0. The molecule has 1 heterocycles. The van der Waals surface area contributed by atoms with Crippen molar-refractivity contribution in [1.82, 2.24) is 20.1 Å². The first-order chi connectivity index (χ1) is 17.3. The molecule has 1 aliphatic rings. The van der Waals surface area contributed by atoms with Gasteiger partial charge in [0.25, 0.3) is 0 Å². The molecule has 0 atom stereocenters. The van der Waals surface area contributed by atoms with Crippen molar-refractivity contribution in [2.45, 2.75) is 79.5 Å². The lowest BCUT2D eigenvalue weighted by Crippen LogP contribution is -2.24. The van der Waals surface area contributed by atoms with E-state index in [4.69, 9.17) is 4.74 Å². The molecule has 2 aromatic carbocycles. The van der Waals surface area contributed by atoms with Gasteiger partial charge in [-0.15, -0.1) is 5.10 Å². The highest BCUT2D eigenvalue weighted by atomic mass is 16.5. The number of hydrogen-bond donors (Lipinski definition) is 1. The van der Waals surface area contributed by atoms with Gasteiger partial charge in [-0.05, 0) is 81.0 Å². The summed E-state index contributed by atoms with van der Waals surface area (Å²) in [4.78, 5) is 16.4. The van der Waals surface area contributed by atoms with Gasteiger partial charge in [0.05, 0.1) is 5.41 Å². The Morgan fingerprint density at radius 3 is 2.64 bits per heavy atom. The van der Waals surface area contributed by atoms with Crippen LogP contribution >= 0.6 is 0 Å². The van der Waals surface area contributed by atoms with Crippen LogP contribution in [0.1, 0.15) is 70.4 Å². The van der Waals surface area contributed by atoms with Gasteiger partial charge >= 0.3 is 5.97 Å². The molecule has 0 aliphatic heterocycles. The van der Waals surface area contributed by atoms with Gasteiger partial charge in [-0.25, -0.2) is 9.67 Å². The first kappa shape index (κ1) is 26.1. The maximum absolute atomic E-state index is 12.0. The van der Waals surface area contributed by atoms with Crippen molar-refractivity contribution in [3.8, 4) is 22.5 Å². The zero-order valence-electron chi connectivity index (χ0n) is 22.2. The van der Waals surface area contributed by atoms with Gasteiger partial charge < -0.3 is 10.1 Å². The molecule has 4 rings (SSSR count). The van der Waals surface area contributed by atoms with Crippen LogP contribution in [0, 0.1) is 18.3 Å². The lowest BCUT2D eigenvalue weighted by atomic mass is 9.87. The Balaban J connectivity index is 1.35. The molecule has 192 valence electrons. The second kappa shape index (κ2) is 11.8. The van der Waals surface area contributed by atoms with Gasteiger partial charge in [0.15, 0.2) is 12.6 Å². The highest BCUT2D eigenvalue weighted by Crippen LogP contribution is 2.28. The number of aryl methyl sites for hydroxylation is 1. The summed E-state index contributed by atoms with van der Waals surface area (Å²) in [6, 6.07) is 15.1. The zero-order valence-corrected chi connectivity index (χ0v) is 22.2. The second-order valence-electron chi connectivity index (χ2n) is 11.1. The quantitative estimate of drug-likeness (QED) is 0.274. The largest absolute Gasteiger partial charge is 0.442 e. The standard InChI is InChI=1S/C30H40N4O2/c1-22-17-26(28-32-20-34(33-28)21-36-29(35)30(2,3)4)13-14-27(22)25-12-8-11-24(18-25)19-31-16-15-23-9-6-5-7-10-23/h8,11-14,17-18,20,23,31H,5-7,9-10,15-16,19,21H2,1-4H3. The van der Waals surface area contributed by atoms with E-state index >= 15 is 0 Å². The van der Waals surface area contributed by atoms with Gasteiger partial charge in [0.1, 0.15) is 6.33 Å². The SMILES string of the molecule is Cc1cc(-c2ncn(COC(=O)C(C)(C)C)n2)ccc1-c1cccc(CNCCC2CCCCC2)c1. The van der Waals surface area contributed by atoms with Crippen LogP contribution in [-0.4, -0.2) is 27.3 Å². The Morgan fingerprint density at radius 2 is 1.89 bits per heavy atom. The molecule has 6 heteroatoms. The molecular weight excluding hydrogens is 448 g/mol. The third-order valence-electron chi connectivity index (χ3n) is 6.98. The Labute approximate surface area is 215 Å². The van der Waals surface area contributed by atoms with Gasteiger partial charge in [0, 0.05) is 12.1 Å². The molecule has 0 radical (unpaired) electrons. The number of nitrogens with one attached hydrogen (secondary N) is 1. The minimum atomic E-state index is -0.543. The van der Waals surface area contributed by atoms with Gasteiger partial charge in [-0.1, -0.05) is 62.4 Å². The molecular formula is C30H40N4O2. The highest BCUT2D eigenvalue weighted by molar-refractivity contribution is 5.75. The zero-order chi connectivity index (χ0) is 25.5. The maximum Gasteiger partial charge on any atom is 0.313 e. The summed E-state index contributed by atoms with van der Waals surface area (Å²) in [5.74, 6) is 1.27. The first-order valence-corrected chi connectivity index (χ1v) is 13.3. The maximum atomic E-state index is 12.0. The van der Waals surface area contributed by atoms with Crippen molar-refractivity contribution < 1.29 is 9.53 Å². The van der Waals surface area contributed by atoms with E-state index in [0.717, 1.165) is 24.6 Å². The Hall–Kier alpha value is -2.99. The minimum absolute atomic E-state index is 0.0572. The fourth-order valence-electron chi connectivity index (χ4n) is 4.82. The van der Waals surface area contributed by atoms with E-state index in [9.17, 15) is 4.79 Å². The van der Waals surface area contributed by atoms with Gasteiger partial charge in [-0.2, -0.15) is 0 Å². The van der Waals surface area contributed by atoms with E-state index in [0.29, 0.717) is 5.82 Å². The molecule has 36 heavy (non-hydrogen) atoms. The van der Waals surface area contributed by atoms with Crippen molar-refractivity contribution in [2.75, 3.05) is 6.54 Å². The van der Waals surface area contributed by atoms with E-state index in [1.54, 1.807) is 11.0 Å². The van der Waals surface area contributed by atoms with Crippen LogP contribution in [0.2, 0.25) is 0 Å². The smallest absolute Gasteiger partial charge is 0.313 e. The molecule has 0 saturated heterocycles. The number of nitrogens with zero attached hydrogens (tertiary/aromatic N) is 3. The molecule has 1 saturated carbocycles. The van der Waals surface area contributed by atoms with Crippen molar-refractivity contribution in [3.63, 3.8) is 0 Å². The minimum Gasteiger partial charge on any atom is -0.442 e. The first-order valence-electron chi connectivity index (χ1n) is 13.3. The number of ether oxygens (including phenoxy) is 1. The van der Waals surface area contributed by atoms with Crippen LogP contribution in [0.4, 0.5) is 0 Å². The highest BCUT2D eigenvalue weighted by Gasteiger charge is 2.23. The Bertz CT molecular complexity index is 1160. The molecule has 0 amide bonds. The van der Waals surface area contributed by atoms with Crippen molar-refractivity contribution in [2.24, 2.45) is 11.3 Å². The van der Waals surface area contributed by atoms with Crippen molar-refractivity contribution >= 4 is 5.97 Å². The summed E-state index contributed by atoms with van der Waals surface area (Å²) >= 11 is 0. The van der Waals surface area contributed by atoms with Crippen LogP contribution in [0.25, 0.3) is 22.5 Å². The topological polar surface area (TPSA) is 69.0 Å². The number of carbonyl (C=O) groups is 1. The number of benzene rings is 2. The molecule has 0 bridgehead atoms. The van der Waals surface area contributed by atoms with Crippen LogP contribution in [-0.2, 0) is 22.8 Å². The van der Waals surface area contributed by atoms with E-state index in [-0.39, 0.29) is 12.7 Å². The van der Waals surface area contributed by atoms with E-state index < -0.39 is 5.41 Å². The second-order valence-corrected chi connectivity index (χ2v) is 11.1. The monoisotopic (exact) mass is 488 g/mol. The molecule has 1 aliphatic carbocycles. The fraction of sp³-hybridized carbons (Fsp3) is 0.500. The molecule has 1 N–H and O–H groups in total. The summed E-state index contributed by atoms with van der Waals surface area (Å²) < 4.78 is 6.88. The number of aromatic nitrogens is 3. The molecule has 0 unspecified atom stereocenters. The van der Waals surface area contributed by atoms with Crippen molar-refractivity contribution in [1.29, 1.82) is 0 Å². The summed E-state index contributed by atoms with van der Waals surface area (Å²) in [5.41, 5.74) is 5.31. The number of esters is 1. The number of carbonyl (C=O) groups excluding carboxylic acids is 1. The fourth-order valence-corrected chi connectivity index (χ4v) is 4.82. The predicted octanol–water partition coefficient (Wildman–Crippen LogP) is 6.53. The van der Waals surface area contributed by atoms with E-state index in [1.165, 1.54) is 60.8 Å². The molecule has 3 aromatic rings.